The molecule has 0 radical (unpaired) electrons. The zero-order valence-electron chi connectivity index (χ0n) is 7.73. The summed E-state index contributed by atoms with van der Waals surface area (Å²) in [5, 5.41) is 2.70. The van der Waals surface area contributed by atoms with E-state index >= 15 is 0 Å². The maximum atomic E-state index is 4.17. The van der Waals surface area contributed by atoms with Crippen molar-refractivity contribution in [2.45, 2.75) is 30.9 Å². The van der Waals surface area contributed by atoms with Gasteiger partial charge < -0.3 is 0 Å². The van der Waals surface area contributed by atoms with Crippen LogP contribution in [-0.2, 0) is 0 Å². The largest absolute Gasteiger partial charge is 0.267 e. The highest BCUT2D eigenvalue weighted by Crippen LogP contribution is 2.27. The topological polar surface area (TPSA) is 12.4 Å². The van der Waals surface area contributed by atoms with E-state index in [4.69, 9.17) is 0 Å². The Hall–Kier alpha value is -0.500. The molecular weight excluding hydrogens is 178 g/mol. The Kier molecular flexibility index (Phi) is 3.25. The molecule has 1 aliphatic heterocycles. The SMILES string of the molecule is C1=C[C@@H](C[C@H]2C=NC=CS2)CCC1. The van der Waals surface area contributed by atoms with Crippen LogP contribution < -0.4 is 0 Å². The molecular formula is C11H15NS. The molecule has 0 N–H and O–H groups in total. The Morgan fingerprint density at radius 3 is 3.15 bits per heavy atom. The van der Waals surface area contributed by atoms with Gasteiger partial charge in [-0.15, -0.1) is 11.8 Å². The molecule has 13 heavy (non-hydrogen) atoms. The number of hydrogen-bond donors (Lipinski definition) is 0. The maximum Gasteiger partial charge on any atom is 0.0448 e. The highest BCUT2D eigenvalue weighted by molar-refractivity contribution is 8.03. The first-order chi connectivity index (χ1) is 6.45. The van der Waals surface area contributed by atoms with Gasteiger partial charge in [0, 0.05) is 17.7 Å². The molecule has 0 spiro atoms. The monoisotopic (exact) mass is 193 g/mol. The van der Waals surface area contributed by atoms with E-state index in [1.54, 1.807) is 0 Å². The molecule has 0 aromatic carbocycles. The minimum Gasteiger partial charge on any atom is -0.267 e. The second-order valence-corrected chi connectivity index (χ2v) is 4.76. The fourth-order valence-electron chi connectivity index (χ4n) is 1.85. The molecule has 1 aliphatic carbocycles. The molecule has 0 unspecified atom stereocenters. The van der Waals surface area contributed by atoms with E-state index in [-0.39, 0.29) is 0 Å². The number of aliphatic imine (C=N–C) groups is 1. The van der Waals surface area contributed by atoms with Gasteiger partial charge in [-0.05, 0) is 37.0 Å². The summed E-state index contributed by atoms with van der Waals surface area (Å²) >= 11 is 1.89. The van der Waals surface area contributed by atoms with Crippen LogP contribution in [0.3, 0.4) is 0 Å². The van der Waals surface area contributed by atoms with Crippen molar-refractivity contribution in [3.8, 4) is 0 Å². The van der Waals surface area contributed by atoms with E-state index in [9.17, 15) is 0 Å². The fourth-order valence-corrected chi connectivity index (χ4v) is 2.69. The van der Waals surface area contributed by atoms with Gasteiger partial charge in [-0.2, -0.15) is 0 Å². The summed E-state index contributed by atoms with van der Waals surface area (Å²) in [4.78, 5) is 4.17. The summed E-state index contributed by atoms with van der Waals surface area (Å²) < 4.78 is 0. The summed E-state index contributed by atoms with van der Waals surface area (Å²) in [6.07, 6.45) is 13.9. The van der Waals surface area contributed by atoms with Gasteiger partial charge in [0.05, 0.1) is 0 Å². The van der Waals surface area contributed by atoms with Crippen LogP contribution in [0.1, 0.15) is 25.7 Å². The minimum atomic E-state index is 0.609. The van der Waals surface area contributed by atoms with Gasteiger partial charge in [-0.25, -0.2) is 0 Å². The number of allylic oxidation sites excluding steroid dienone is 2. The molecule has 1 nitrogen and oxygen atoms in total. The fraction of sp³-hybridized carbons (Fsp3) is 0.545. The van der Waals surface area contributed by atoms with Crippen molar-refractivity contribution in [2.24, 2.45) is 10.9 Å². The van der Waals surface area contributed by atoms with Crippen LogP contribution in [0, 0.1) is 5.92 Å². The third-order valence-corrected chi connectivity index (χ3v) is 3.48. The maximum absolute atomic E-state index is 4.17. The van der Waals surface area contributed by atoms with Crippen LogP contribution in [0.4, 0.5) is 0 Å². The van der Waals surface area contributed by atoms with Crippen molar-refractivity contribution < 1.29 is 0 Å². The summed E-state index contributed by atoms with van der Waals surface area (Å²) in [5.41, 5.74) is 0. The van der Waals surface area contributed by atoms with Gasteiger partial charge in [0.1, 0.15) is 0 Å². The summed E-state index contributed by atoms with van der Waals surface area (Å²) in [6, 6.07) is 0. The van der Waals surface area contributed by atoms with Gasteiger partial charge in [-0.1, -0.05) is 12.2 Å². The van der Waals surface area contributed by atoms with Crippen molar-refractivity contribution >= 4 is 18.0 Å². The zero-order valence-corrected chi connectivity index (χ0v) is 8.54. The lowest BCUT2D eigenvalue weighted by Gasteiger charge is -2.20. The van der Waals surface area contributed by atoms with Crippen LogP contribution >= 0.6 is 11.8 Å². The summed E-state index contributed by atoms with van der Waals surface area (Å²) in [7, 11) is 0. The second kappa shape index (κ2) is 4.66. The van der Waals surface area contributed by atoms with Crippen LogP contribution in [0.5, 0.6) is 0 Å². The average molecular weight is 193 g/mol. The smallest absolute Gasteiger partial charge is 0.0448 e. The first kappa shape index (κ1) is 9.07. The number of rotatable bonds is 2. The molecule has 0 amide bonds. The Morgan fingerprint density at radius 2 is 2.46 bits per heavy atom. The molecule has 2 aliphatic rings. The van der Waals surface area contributed by atoms with Crippen molar-refractivity contribution in [3.05, 3.63) is 23.8 Å². The Balaban J connectivity index is 1.83. The van der Waals surface area contributed by atoms with Gasteiger partial charge in [-0.3, -0.25) is 4.99 Å². The molecule has 0 saturated carbocycles. The van der Waals surface area contributed by atoms with Gasteiger partial charge in [0.2, 0.25) is 0 Å². The van der Waals surface area contributed by atoms with Crippen LogP contribution in [0.15, 0.2) is 28.8 Å². The molecule has 0 aromatic heterocycles. The lowest BCUT2D eigenvalue weighted by molar-refractivity contribution is 0.520. The first-order valence-electron chi connectivity index (χ1n) is 4.95. The number of thioether (sulfide) groups is 1. The third-order valence-electron chi connectivity index (χ3n) is 2.54. The predicted octanol–water partition coefficient (Wildman–Crippen LogP) is 3.39. The molecule has 0 fully saturated rings. The Morgan fingerprint density at radius 1 is 1.46 bits per heavy atom. The van der Waals surface area contributed by atoms with E-state index in [1.165, 1.54) is 25.7 Å². The normalized spacial score (nSPS) is 32.3. The molecule has 2 rings (SSSR count). The lowest BCUT2D eigenvalue weighted by Crippen LogP contribution is -2.12. The molecule has 2 heteroatoms. The molecule has 0 bridgehead atoms. The first-order valence-corrected chi connectivity index (χ1v) is 5.90. The van der Waals surface area contributed by atoms with Crippen molar-refractivity contribution in [1.29, 1.82) is 0 Å². The van der Waals surface area contributed by atoms with E-state index < -0.39 is 0 Å². The van der Waals surface area contributed by atoms with Crippen molar-refractivity contribution in [3.63, 3.8) is 0 Å². The van der Waals surface area contributed by atoms with E-state index in [1.807, 2.05) is 18.0 Å². The second-order valence-electron chi connectivity index (χ2n) is 3.61. The summed E-state index contributed by atoms with van der Waals surface area (Å²) in [6.45, 7) is 0. The molecule has 0 saturated heterocycles. The molecule has 0 aromatic rings. The van der Waals surface area contributed by atoms with Crippen LogP contribution in [0.25, 0.3) is 0 Å². The van der Waals surface area contributed by atoms with E-state index in [0.29, 0.717) is 5.25 Å². The predicted molar refractivity (Wildman–Crippen MR) is 60.1 cm³/mol. The molecule has 2 atom stereocenters. The van der Waals surface area contributed by atoms with Crippen LogP contribution in [-0.4, -0.2) is 11.5 Å². The van der Waals surface area contributed by atoms with Crippen molar-refractivity contribution in [1.82, 2.24) is 0 Å². The lowest BCUT2D eigenvalue weighted by atomic mass is 9.92. The Bertz CT molecular complexity index is 242. The summed E-state index contributed by atoms with van der Waals surface area (Å²) in [5.74, 6) is 0.796. The van der Waals surface area contributed by atoms with Gasteiger partial charge in [0.15, 0.2) is 0 Å². The third kappa shape index (κ3) is 2.73. The average Bonchev–Trinajstić information content (AvgIpc) is 2.21. The van der Waals surface area contributed by atoms with Gasteiger partial charge >= 0.3 is 0 Å². The highest BCUT2D eigenvalue weighted by Gasteiger charge is 2.15. The number of hydrogen-bond acceptors (Lipinski definition) is 2. The molecule has 1 heterocycles. The minimum absolute atomic E-state index is 0.609. The van der Waals surface area contributed by atoms with E-state index in [0.717, 1.165) is 5.92 Å². The number of nitrogens with zero attached hydrogens (tertiary/aromatic N) is 1. The van der Waals surface area contributed by atoms with Crippen LogP contribution in [0.2, 0.25) is 0 Å². The quantitative estimate of drug-likeness (QED) is 0.612. The molecule has 70 valence electrons. The Labute approximate surface area is 84.0 Å². The van der Waals surface area contributed by atoms with Gasteiger partial charge in [0.25, 0.3) is 0 Å². The van der Waals surface area contributed by atoms with E-state index in [2.05, 4.69) is 28.8 Å². The van der Waals surface area contributed by atoms with Crippen molar-refractivity contribution in [2.75, 3.05) is 0 Å². The standard InChI is InChI=1S/C11H15NS/c1-2-4-10(5-3-1)8-11-9-12-6-7-13-11/h2,4,6-7,9-11H,1,3,5,8H2/t10-,11+/m1/s1. The highest BCUT2D eigenvalue weighted by atomic mass is 32.2. The zero-order chi connectivity index (χ0) is 8.93.